The van der Waals surface area contributed by atoms with Crippen molar-refractivity contribution in [1.82, 2.24) is 9.80 Å². The van der Waals surface area contributed by atoms with Crippen LogP contribution in [0.1, 0.15) is 27.7 Å². The predicted octanol–water partition coefficient (Wildman–Crippen LogP) is -0.703. The molecular weight excluding hydrogens is 428 g/mol. The highest BCUT2D eigenvalue weighted by molar-refractivity contribution is 7.87. The van der Waals surface area contributed by atoms with Crippen molar-refractivity contribution in [3.05, 3.63) is 0 Å². The molecule has 1 atom stereocenters. The van der Waals surface area contributed by atoms with Crippen molar-refractivity contribution in [2.24, 2.45) is 11.8 Å². The van der Waals surface area contributed by atoms with Crippen LogP contribution in [0, 0.1) is 11.8 Å². The summed E-state index contributed by atoms with van der Waals surface area (Å²) in [7, 11) is -9.14. The van der Waals surface area contributed by atoms with E-state index in [1.54, 1.807) is 0 Å². The summed E-state index contributed by atoms with van der Waals surface area (Å²) in [5, 5.41) is 0. The SMILES string of the molecule is CC(C)N1CC(CS(=O)(=O)OC(=O)C(=O)OC(C2CN(C(C)C)C2)S(=O)(=O)O)C1. The first kappa shape index (κ1) is 24.0. The van der Waals surface area contributed by atoms with Gasteiger partial charge in [-0.2, -0.15) is 16.8 Å². The van der Waals surface area contributed by atoms with Crippen LogP contribution in [0.15, 0.2) is 0 Å². The maximum absolute atomic E-state index is 12.0. The number of rotatable bonds is 8. The molecule has 29 heavy (non-hydrogen) atoms. The zero-order chi connectivity index (χ0) is 22.1. The second-order valence-electron chi connectivity index (χ2n) is 8.11. The van der Waals surface area contributed by atoms with Crippen LogP contribution < -0.4 is 0 Å². The summed E-state index contributed by atoms with van der Waals surface area (Å²) in [6.45, 7) is 9.22. The fraction of sp³-hybridized carbons (Fsp3) is 0.875. The molecule has 0 radical (unpaired) electrons. The van der Waals surface area contributed by atoms with Crippen LogP contribution in [0.4, 0.5) is 0 Å². The molecular formula is C16H28N2O9S2. The molecule has 0 aromatic heterocycles. The normalized spacial score (nSPS) is 20.9. The van der Waals surface area contributed by atoms with Gasteiger partial charge in [-0.15, -0.1) is 0 Å². The Morgan fingerprint density at radius 3 is 1.86 bits per heavy atom. The number of hydrogen-bond acceptors (Lipinski definition) is 10. The Labute approximate surface area is 171 Å². The van der Waals surface area contributed by atoms with E-state index in [2.05, 4.69) is 8.92 Å². The zero-order valence-electron chi connectivity index (χ0n) is 16.8. The van der Waals surface area contributed by atoms with Crippen molar-refractivity contribution in [3.63, 3.8) is 0 Å². The van der Waals surface area contributed by atoms with Gasteiger partial charge in [0.2, 0.25) is 5.44 Å². The van der Waals surface area contributed by atoms with E-state index in [0.717, 1.165) is 0 Å². The molecule has 13 heteroatoms. The molecule has 2 rings (SSSR count). The lowest BCUT2D eigenvalue weighted by molar-refractivity contribution is -0.166. The summed E-state index contributed by atoms with van der Waals surface area (Å²) in [5.41, 5.74) is -1.97. The summed E-state index contributed by atoms with van der Waals surface area (Å²) in [6.07, 6.45) is 0. The van der Waals surface area contributed by atoms with Crippen LogP contribution in [0.2, 0.25) is 0 Å². The van der Waals surface area contributed by atoms with Gasteiger partial charge in [0.1, 0.15) is 0 Å². The van der Waals surface area contributed by atoms with Gasteiger partial charge in [-0.3, -0.25) is 9.45 Å². The lowest BCUT2D eigenvalue weighted by Crippen LogP contribution is -2.57. The second kappa shape index (κ2) is 8.84. The maximum Gasteiger partial charge on any atom is 0.432 e. The van der Waals surface area contributed by atoms with E-state index in [9.17, 15) is 31.0 Å². The number of ether oxygens (including phenoxy) is 1. The summed E-state index contributed by atoms with van der Waals surface area (Å²) in [4.78, 5) is 27.6. The topological polar surface area (TPSA) is 148 Å². The summed E-state index contributed by atoms with van der Waals surface area (Å²) in [5.74, 6) is -5.02. The minimum atomic E-state index is -4.81. The fourth-order valence-corrected chi connectivity index (χ4v) is 5.33. The largest absolute Gasteiger partial charge is 0.434 e. The van der Waals surface area contributed by atoms with Gasteiger partial charge in [-0.1, -0.05) is 0 Å². The predicted molar refractivity (Wildman–Crippen MR) is 102 cm³/mol. The molecule has 0 aromatic carbocycles. The molecule has 2 saturated heterocycles. The first-order chi connectivity index (χ1) is 13.2. The molecule has 0 amide bonds. The van der Waals surface area contributed by atoms with Gasteiger partial charge in [0.15, 0.2) is 0 Å². The monoisotopic (exact) mass is 456 g/mol. The number of nitrogens with zero attached hydrogens (tertiary/aromatic N) is 2. The van der Waals surface area contributed by atoms with E-state index >= 15 is 0 Å². The Balaban J connectivity index is 1.90. The molecule has 2 heterocycles. The van der Waals surface area contributed by atoms with E-state index in [1.807, 2.05) is 37.5 Å². The van der Waals surface area contributed by atoms with Crippen LogP contribution in [0.5, 0.6) is 0 Å². The van der Waals surface area contributed by atoms with E-state index in [0.29, 0.717) is 13.1 Å². The minimum Gasteiger partial charge on any atom is -0.434 e. The highest BCUT2D eigenvalue weighted by Gasteiger charge is 2.45. The Morgan fingerprint density at radius 1 is 0.931 bits per heavy atom. The van der Waals surface area contributed by atoms with Crippen LogP contribution in [-0.2, 0) is 38.7 Å². The molecule has 2 aliphatic rings. The average Bonchev–Trinajstić information content (AvgIpc) is 2.45. The molecule has 0 bridgehead atoms. The van der Waals surface area contributed by atoms with Gasteiger partial charge >= 0.3 is 32.2 Å². The van der Waals surface area contributed by atoms with Crippen molar-refractivity contribution < 1.29 is 39.9 Å². The highest BCUT2D eigenvalue weighted by Crippen LogP contribution is 2.27. The smallest absolute Gasteiger partial charge is 0.432 e. The number of carbonyl (C=O) groups excluding carboxylic acids is 2. The first-order valence-corrected chi connectivity index (χ1v) is 12.4. The highest BCUT2D eigenvalue weighted by atomic mass is 32.2. The van der Waals surface area contributed by atoms with Gasteiger partial charge in [0.05, 0.1) is 5.75 Å². The third kappa shape index (κ3) is 6.35. The maximum atomic E-state index is 12.0. The quantitative estimate of drug-likeness (QED) is 0.214. The molecule has 11 nitrogen and oxygen atoms in total. The molecule has 168 valence electrons. The summed E-state index contributed by atoms with van der Waals surface area (Å²) < 4.78 is 65.3. The van der Waals surface area contributed by atoms with E-state index in [-0.39, 0.29) is 31.1 Å². The average molecular weight is 457 g/mol. The van der Waals surface area contributed by atoms with Crippen LogP contribution in [0.25, 0.3) is 0 Å². The Hall–Kier alpha value is -1.28. The number of hydrogen-bond donors (Lipinski definition) is 1. The van der Waals surface area contributed by atoms with Gasteiger partial charge in [0.25, 0.3) is 0 Å². The Morgan fingerprint density at radius 2 is 1.41 bits per heavy atom. The molecule has 1 unspecified atom stereocenters. The van der Waals surface area contributed by atoms with Crippen molar-refractivity contribution in [1.29, 1.82) is 0 Å². The molecule has 0 spiro atoms. The Bertz CT molecular complexity index is 826. The molecule has 0 aromatic rings. The standard InChI is InChI=1S/C16H28N2O9S2/c1-10(2)17-5-12(6-17)9-28(21,22)27-15(20)14(19)26-16(29(23,24)25)13-7-18(8-13)11(3)4/h10-13,16H,5-9H2,1-4H3,(H,23,24,25). The Kier molecular flexibility index (Phi) is 7.31. The van der Waals surface area contributed by atoms with E-state index < -0.39 is 49.3 Å². The number of carbonyl (C=O) groups is 2. The van der Waals surface area contributed by atoms with Crippen molar-refractivity contribution in [2.45, 2.75) is 45.2 Å². The first-order valence-electron chi connectivity index (χ1n) is 9.31. The van der Waals surface area contributed by atoms with Crippen LogP contribution in [-0.4, -0.2) is 92.6 Å². The minimum absolute atomic E-state index is 0.122. The van der Waals surface area contributed by atoms with Crippen molar-refractivity contribution >= 4 is 32.2 Å². The zero-order valence-corrected chi connectivity index (χ0v) is 18.5. The van der Waals surface area contributed by atoms with Gasteiger partial charge < -0.3 is 13.8 Å². The number of esters is 1. The van der Waals surface area contributed by atoms with Crippen molar-refractivity contribution in [2.75, 3.05) is 31.9 Å². The van der Waals surface area contributed by atoms with Crippen molar-refractivity contribution in [3.8, 4) is 0 Å². The molecule has 2 aliphatic heterocycles. The van der Waals surface area contributed by atoms with Crippen LogP contribution in [0.3, 0.4) is 0 Å². The fourth-order valence-electron chi connectivity index (χ4n) is 3.31. The lowest BCUT2D eigenvalue weighted by atomic mass is 9.99. The van der Waals surface area contributed by atoms with Crippen LogP contribution >= 0.6 is 0 Å². The van der Waals surface area contributed by atoms with Gasteiger partial charge in [0, 0.05) is 50.1 Å². The third-order valence-electron chi connectivity index (χ3n) is 5.09. The third-order valence-corrected chi connectivity index (χ3v) is 7.45. The van der Waals surface area contributed by atoms with E-state index in [4.69, 9.17) is 0 Å². The van der Waals surface area contributed by atoms with E-state index in [1.165, 1.54) is 0 Å². The molecule has 2 fully saturated rings. The summed E-state index contributed by atoms with van der Waals surface area (Å²) >= 11 is 0. The molecule has 1 N–H and O–H groups in total. The van der Waals surface area contributed by atoms with Gasteiger partial charge in [-0.25, -0.2) is 9.59 Å². The molecule has 0 saturated carbocycles. The second-order valence-corrected chi connectivity index (χ2v) is 11.2. The number of likely N-dealkylation sites (tertiary alicyclic amines) is 2. The lowest BCUT2D eigenvalue weighted by Gasteiger charge is -2.43. The summed E-state index contributed by atoms with van der Waals surface area (Å²) in [6, 6.07) is 0.388. The molecule has 0 aliphatic carbocycles. The van der Waals surface area contributed by atoms with Gasteiger partial charge in [-0.05, 0) is 27.7 Å².